The average molecular weight is 1080 g/mol. The van der Waals surface area contributed by atoms with Gasteiger partial charge in [0.1, 0.15) is 18.0 Å². The summed E-state index contributed by atoms with van der Waals surface area (Å²) in [4.78, 5) is 64.7. The standard InChI is InChI=1S/C49H65N5O13S2.Y/c1-9-54(32(4)56)37-30-65-44(27-40(37)61-7)66-41(29-55)47(63-10-2)67-39-17-14-12-11-13-16-34-26-38(57)46(51-48(60)62-8)45(39)36(34)23-25-68-69-49(5,6)28-43(59)53-52-31(3)33-19-21-35(22-20-33)64-24-15-18-42(50)58;/h11-12,19-23,34,37,39-41,44,47,55H,9-10,15,18,24-30H2,1-8H3,(H4,50,51,53,58,59,60);/p-1/b12-11-,36-23-,52-31+;/t34-,37+,39-,40+,41-,44+,47+;/m1./s1. The zero-order valence-corrected chi connectivity index (χ0v) is 45.5. The molecule has 1 aliphatic heterocycles. The molecule has 0 spiro atoms. The van der Waals surface area contributed by atoms with Crippen molar-refractivity contribution in [3.63, 3.8) is 0 Å². The third-order valence-corrected chi connectivity index (χ3v) is 14.0. The second-order valence-electron chi connectivity index (χ2n) is 16.4. The number of methoxy groups -OCH3 is 2. The molecule has 1 radical (unpaired) electrons. The van der Waals surface area contributed by atoms with Crippen LogP contribution in [0.1, 0.15) is 79.2 Å². The van der Waals surface area contributed by atoms with Crippen molar-refractivity contribution in [3.05, 3.63) is 70.6 Å². The summed E-state index contributed by atoms with van der Waals surface area (Å²) in [6.45, 7) is 11.2. The molecule has 1 aromatic carbocycles. The quantitative estimate of drug-likeness (QED) is 0.0269. The summed E-state index contributed by atoms with van der Waals surface area (Å²) in [5, 5.41) is 17.6. The molecule has 1 fully saturated rings. The fourth-order valence-electron chi connectivity index (χ4n) is 7.54. The molecule has 18 nitrogen and oxygen atoms in total. The van der Waals surface area contributed by atoms with Gasteiger partial charge in [-0.15, -0.1) is 0 Å². The normalized spacial score (nSPS) is 21.9. The molecule has 1 saturated heterocycles. The number of rotatable bonds is 25. The first-order valence-corrected chi connectivity index (χ1v) is 24.9. The molecular formula is C49H64N5O13S2Y-. The molecule has 379 valence electrons. The van der Waals surface area contributed by atoms with Crippen LogP contribution >= 0.6 is 21.6 Å². The Bertz CT molecular complexity index is 2220. The van der Waals surface area contributed by atoms with E-state index in [0.717, 1.165) is 5.56 Å². The van der Waals surface area contributed by atoms with E-state index in [2.05, 4.69) is 39.5 Å². The first kappa shape index (κ1) is 60.2. The van der Waals surface area contributed by atoms with E-state index in [4.69, 9.17) is 38.9 Å². The number of aliphatic hydroxyl groups is 1. The number of hydrogen-bond acceptors (Lipinski definition) is 16. The van der Waals surface area contributed by atoms with Crippen molar-refractivity contribution in [3.8, 4) is 29.4 Å². The number of ether oxygens (including phenoxy) is 7. The van der Waals surface area contributed by atoms with Gasteiger partial charge in [-0.25, -0.2) is 10.2 Å². The molecule has 2 bridgehead atoms. The number of fused-ring (bicyclic) bond motifs is 2. The number of carbonyl (C=O) groups is 5. The topological polar surface area (TPSA) is 234 Å². The summed E-state index contributed by atoms with van der Waals surface area (Å²) in [6.07, 6.45) is 0.0517. The van der Waals surface area contributed by atoms with Gasteiger partial charge in [0, 0.05) is 101 Å². The van der Waals surface area contributed by atoms with Crippen LogP contribution in [-0.2, 0) is 80.3 Å². The molecule has 4 N–H and O–H groups in total. The second-order valence-corrected chi connectivity index (χ2v) is 19.5. The van der Waals surface area contributed by atoms with Crippen molar-refractivity contribution < 1.29 is 94.9 Å². The average Bonchev–Trinajstić information content (AvgIpc) is 3.31. The van der Waals surface area contributed by atoms with E-state index in [9.17, 15) is 29.1 Å². The van der Waals surface area contributed by atoms with E-state index in [1.54, 1.807) is 50.1 Å². The molecule has 1 heterocycles. The fraction of sp³-hybridized carbons (Fsp3) is 0.551. The smallest absolute Gasteiger partial charge is 0.411 e. The summed E-state index contributed by atoms with van der Waals surface area (Å²) >= 11 is 0. The number of ketones is 1. The predicted molar refractivity (Wildman–Crippen MR) is 262 cm³/mol. The number of carbonyl (C=O) groups excluding carboxylic acids is 5. The van der Waals surface area contributed by atoms with Gasteiger partial charge in [-0.3, -0.25) is 19.7 Å². The Labute approximate surface area is 444 Å². The molecule has 70 heavy (non-hydrogen) atoms. The number of amides is 4. The fourth-order valence-corrected chi connectivity index (χ4v) is 9.91. The third kappa shape index (κ3) is 18.8. The maximum absolute atomic E-state index is 13.9. The number of nitrogens with zero attached hydrogens (tertiary/aromatic N) is 2. The van der Waals surface area contributed by atoms with Gasteiger partial charge < -0.3 is 53.7 Å². The molecular weight excluding hydrogens is 1020 g/mol. The second kappa shape index (κ2) is 30.7. The Morgan fingerprint density at radius 1 is 1.09 bits per heavy atom. The Morgan fingerprint density at radius 2 is 1.80 bits per heavy atom. The first-order chi connectivity index (χ1) is 33.0. The van der Waals surface area contributed by atoms with Crippen LogP contribution in [0.2, 0.25) is 0 Å². The van der Waals surface area contributed by atoms with E-state index in [1.807, 2.05) is 39.0 Å². The van der Waals surface area contributed by atoms with Crippen molar-refractivity contribution in [2.45, 2.75) is 115 Å². The van der Waals surface area contributed by atoms with E-state index in [0.29, 0.717) is 42.4 Å². The molecule has 0 saturated carbocycles. The van der Waals surface area contributed by atoms with Gasteiger partial charge in [0.2, 0.25) is 11.8 Å². The molecule has 0 aromatic heterocycles. The molecule has 7 atom stereocenters. The minimum Gasteiger partial charge on any atom is -0.668 e. The van der Waals surface area contributed by atoms with Crippen LogP contribution in [0.25, 0.3) is 5.73 Å². The summed E-state index contributed by atoms with van der Waals surface area (Å²) in [7, 11) is 5.68. The molecule has 3 aliphatic rings. The Hall–Kier alpha value is -4.06. The van der Waals surface area contributed by atoms with Gasteiger partial charge >= 0.3 is 6.09 Å². The largest absolute Gasteiger partial charge is 0.668 e. The maximum Gasteiger partial charge on any atom is 0.411 e. The minimum absolute atomic E-state index is 0. The van der Waals surface area contributed by atoms with Crippen molar-refractivity contribution in [2.75, 3.05) is 52.9 Å². The molecule has 21 heteroatoms. The van der Waals surface area contributed by atoms with Crippen LogP contribution in [0, 0.1) is 29.6 Å². The SMILES string of the molecule is CCO[C@@H](O[C@@H]1C#C/C=C\C#C[C@@H]2CC(=O)C(NC(=O)OC)=C1/C2=C\CSSC(C)(C)CC(=O)N/N=C(\C)c1ccc(OCCCC([NH-])=O)cc1)[C@@H](CO)O[C@H]1C[C@H](OC)[C@@H](N(CC)C(C)=O)CO1.[Y]. The summed E-state index contributed by atoms with van der Waals surface area (Å²) in [5.41, 5.74) is 11.7. The predicted octanol–water partition coefficient (Wildman–Crippen LogP) is 5.64. The van der Waals surface area contributed by atoms with Crippen molar-refractivity contribution in [1.29, 1.82) is 0 Å². The van der Waals surface area contributed by atoms with E-state index in [-0.39, 0.29) is 101 Å². The van der Waals surface area contributed by atoms with Crippen LogP contribution in [0.15, 0.2) is 64.4 Å². The van der Waals surface area contributed by atoms with Crippen LogP contribution in [-0.4, -0.2) is 140 Å². The van der Waals surface area contributed by atoms with Crippen LogP contribution in [0.5, 0.6) is 5.75 Å². The van der Waals surface area contributed by atoms with Crippen LogP contribution in [0.3, 0.4) is 0 Å². The number of hydrazone groups is 1. The number of aliphatic hydroxyl groups excluding tert-OH is 1. The third-order valence-electron chi connectivity index (χ3n) is 10.9. The van der Waals surface area contributed by atoms with Gasteiger partial charge in [-0.2, -0.15) is 5.10 Å². The summed E-state index contributed by atoms with van der Waals surface area (Å²) in [5.74, 6) is 11.0. The number of likely N-dealkylation sites (N-methyl/N-ethyl adjacent to an activating group) is 1. The van der Waals surface area contributed by atoms with Crippen molar-refractivity contribution in [2.24, 2.45) is 11.0 Å². The Morgan fingerprint density at radius 3 is 2.43 bits per heavy atom. The summed E-state index contributed by atoms with van der Waals surface area (Å²) in [6, 6.07) is 6.82. The Balaban J connectivity index is 0.0000130. The number of benzene rings is 1. The van der Waals surface area contributed by atoms with Gasteiger partial charge in [0.05, 0.1) is 56.4 Å². The van der Waals surface area contributed by atoms with Crippen molar-refractivity contribution in [1.82, 2.24) is 15.6 Å². The number of Topliss-reactive ketones (excluding diaryl/α,β-unsaturated/α-hetero) is 1. The summed E-state index contributed by atoms with van der Waals surface area (Å²) < 4.78 is 40.7. The molecule has 4 rings (SSSR count). The van der Waals surface area contributed by atoms with E-state index in [1.165, 1.54) is 35.6 Å². The van der Waals surface area contributed by atoms with E-state index >= 15 is 0 Å². The van der Waals surface area contributed by atoms with Crippen molar-refractivity contribution >= 4 is 56.9 Å². The molecule has 4 amide bonds. The van der Waals surface area contributed by atoms with Gasteiger partial charge in [-0.1, -0.05) is 51.3 Å². The maximum atomic E-state index is 13.9. The monoisotopic (exact) mass is 1080 g/mol. The Kier molecular flexibility index (Phi) is 26.5. The zero-order valence-electron chi connectivity index (χ0n) is 41.0. The van der Waals surface area contributed by atoms with Gasteiger partial charge in [0.25, 0.3) is 0 Å². The minimum atomic E-state index is -1.28. The van der Waals surface area contributed by atoms with Gasteiger partial charge in [-0.05, 0) is 95.0 Å². The molecule has 0 unspecified atom stereocenters. The van der Waals surface area contributed by atoms with Crippen LogP contribution in [0.4, 0.5) is 4.79 Å². The first-order valence-electron chi connectivity index (χ1n) is 22.6. The molecule has 2 aliphatic carbocycles. The zero-order chi connectivity index (χ0) is 50.5. The number of allylic oxidation sites excluding steroid dienone is 3. The molecule has 1 aromatic rings. The van der Waals surface area contributed by atoms with Crippen LogP contribution < -0.4 is 15.5 Å². The van der Waals surface area contributed by atoms with E-state index < -0.39 is 65.9 Å². The number of nitrogens with one attached hydrogen (secondary N) is 3. The number of hydrogen-bond donors (Lipinski definition) is 3. The number of alkyl carbamates (subject to hydrolysis) is 1. The van der Waals surface area contributed by atoms with Gasteiger partial charge in [0.15, 0.2) is 18.4 Å².